The monoisotopic (exact) mass is 410 g/mol. The van der Waals surface area contributed by atoms with E-state index in [0.717, 1.165) is 78.2 Å². The van der Waals surface area contributed by atoms with E-state index in [1.807, 2.05) is 4.90 Å². The molecule has 0 aromatic carbocycles. The second-order valence-corrected chi connectivity index (χ2v) is 8.84. The number of likely N-dealkylation sites (tertiary alicyclic amines) is 1. The van der Waals surface area contributed by atoms with Crippen molar-refractivity contribution in [2.24, 2.45) is 0 Å². The van der Waals surface area contributed by atoms with Crippen LogP contribution in [0.4, 0.5) is 4.79 Å². The van der Waals surface area contributed by atoms with Crippen molar-refractivity contribution in [3.05, 3.63) is 0 Å². The van der Waals surface area contributed by atoms with Crippen molar-refractivity contribution in [3.63, 3.8) is 0 Å². The molecule has 0 N–H and O–H groups in total. The number of nitrogens with zero attached hydrogens (tertiary/aromatic N) is 4. The van der Waals surface area contributed by atoms with Crippen LogP contribution in [-0.4, -0.2) is 116 Å². The first-order valence-electron chi connectivity index (χ1n) is 11.2. The lowest BCUT2D eigenvalue weighted by atomic mass is 10.0. The van der Waals surface area contributed by atoms with Crippen LogP contribution >= 0.6 is 0 Å². The van der Waals surface area contributed by atoms with Crippen LogP contribution in [0.1, 0.15) is 39.5 Å². The van der Waals surface area contributed by atoms with Gasteiger partial charge >= 0.3 is 12.1 Å². The number of carbonyl (C=O) groups is 2. The highest BCUT2D eigenvalue weighted by atomic mass is 16.6. The van der Waals surface area contributed by atoms with Gasteiger partial charge in [-0.2, -0.15) is 0 Å². The number of esters is 1. The predicted octanol–water partition coefficient (Wildman–Crippen LogP) is 1.25. The second-order valence-electron chi connectivity index (χ2n) is 8.84. The zero-order chi connectivity index (χ0) is 20.8. The molecule has 166 valence electrons. The largest absolute Gasteiger partial charge is 0.469 e. The van der Waals surface area contributed by atoms with Gasteiger partial charge in [-0.05, 0) is 39.7 Å². The Morgan fingerprint density at radius 3 is 2.38 bits per heavy atom. The van der Waals surface area contributed by atoms with Crippen LogP contribution in [0.15, 0.2) is 0 Å². The van der Waals surface area contributed by atoms with Crippen LogP contribution in [0.5, 0.6) is 0 Å². The van der Waals surface area contributed by atoms with E-state index in [2.05, 4.69) is 28.5 Å². The third kappa shape index (κ3) is 6.30. The van der Waals surface area contributed by atoms with Gasteiger partial charge in [0.2, 0.25) is 0 Å². The Kier molecular flexibility index (Phi) is 8.15. The summed E-state index contributed by atoms with van der Waals surface area (Å²) in [6.07, 6.45) is 3.28. The Balaban J connectivity index is 1.35. The maximum Gasteiger partial charge on any atom is 0.410 e. The van der Waals surface area contributed by atoms with Gasteiger partial charge in [0.05, 0.1) is 13.7 Å². The smallest absolute Gasteiger partial charge is 0.410 e. The van der Waals surface area contributed by atoms with Gasteiger partial charge in [0.1, 0.15) is 6.10 Å². The highest BCUT2D eigenvalue weighted by Gasteiger charge is 2.38. The summed E-state index contributed by atoms with van der Waals surface area (Å²) >= 11 is 0. The fraction of sp³-hybridized carbons (Fsp3) is 0.905. The molecule has 0 bridgehead atoms. The van der Waals surface area contributed by atoms with Crippen LogP contribution in [0.25, 0.3) is 0 Å². The predicted molar refractivity (Wildman–Crippen MR) is 111 cm³/mol. The van der Waals surface area contributed by atoms with E-state index in [0.29, 0.717) is 18.5 Å². The number of hydrogen-bond acceptors (Lipinski definition) is 7. The molecule has 0 aliphatic carbocycles. The minimum atomic E-state index is -0.133. The van der Waals surface area contributed by atoms with Gasteiger partial charge in [-0.15, -0.1) is 0 Å². The molecule has 3 aliphatic heterocycles. The first kappa shape index (κ1) is 22.3. The van der Waals surface area contributed by atoms with Crippen molar-refractivity contribution < 1.29 is 19.1 Å². The van der Waals surface area contributed by atoms with Crippen molar-refractivity contribution >= 4 is 12.1 Å². The summed E-state index contributed by atoms with van der Waals surface area (Å²) in [5.41, 5.74) is 0. The molecular weight excluding hydrogens is 372 g/mol. The first-order valence-corrected chi connectivity index (χ1v) is 11.2. The molecule has 0 radical (unpaired) electrons. The molecule has 3 heterocycles. The van der Waals surface area contributed by atoms with Gasteiger partial charge in [0, 0.05) is 64.3 Å². The highest BCUT2D eigenvalue weighted by Crippen LogP contribution is 2.24. The Bertz CT molecular complexity index is 543. The molecule has 0 aromatic heterocycles. The Morgan fingerprint density at radius 2 is 1.76 bits per heavy atom. The molecule has 0 aromatic rings. The summed E-state index contributed by atoms with van der Waals surface area (Å²) in [7, 11) is 1.44. The Labute approximate surface area is 175 Å². The van der Waals surface area contributed by atoms with E-state index < -0.39 is 0 Å². The zero-order valence-electron chi connectivity index (χ0n) is 18.3. The lowest BCUT2D eigenvalue weighted by Gasteiger charge is -2.37. The molecule has 8 heteroatoms. The summed E-state index contributed by atoms with van der Waals surface area (Å²) in [5, 5.41) is 0. The fourth-order valence-corrected chi connectivity index (χ4v) is 4.68. The summed E-state index contributed by atoms with van der Waals surface area (Å²) in [4.78, 5) is 32.9. The van der Waals surface area contributed by atoms with Crippen LogP contribution in [0.2, 0.25) is 0 Å². The van der Waals surface area contributed by atoms with Crippen LogP contribution in [0.3, 0.4) is 0 Å². The third-order valence-electron chi connectivity index (χ3n) is 6.58. The first-order chi connectivity index (χ1) is 14.0. The molecule has 0 saturated carbocycles. The lowest BCUT2D eigenvalue weighted by Crippen LogP contribution is -2.49. The number of amides is 1. The Hall–Kier alpha value is -1.38. The average molecular weight is 411 g/mol. The van der Waals surface area contributed by atoms with E-state index >= 15 is 0 Å². The van der Waals surface area contributed by atoms with Crippen LogP contribution < -0.4 is 0 Å². The molecular formula is C21H38N4O4. The van der Waals surface area contributed by atoms with Gasteiger partial charge in [-0.1, -0.05) is 0 Å². The molecule has 1 atom stereocenters. The molecule has 3 saturated heterocycles. The topological polar surface area (TPSA) is 65.6 Å². The molecule has 3 aliphatic rings. The van der Waals surface area contributed by atoms with E-state index in [1.165, 1.54) is 7.11 Å². The Morgan fingerprint density at radius 1 is 1.10 bits per heavy atom. The molecule has 8 nitrogen and oxygen atoms in total. The van der Waals surface area contributed by atoms with Gasteiger partial charge in [0.25, 0.3) is 0 Å². The fourth-order valence-electron chi connectivity index (χ4n) is 4.68. The number of piperidine rings is 1. The van der Waals surface area contributed by atoms with Crippen LogP contribution in [-0.2, 0) is 14.3 Å². The summed E-state index contributed by atoms with van der Waals surface area (Å²) in [5.74, 6) is -0.133. The number of ether oxygens (including phenoxy) is 2. The second kappa shape index (κ2) is 10.6. The molecule has 3 fully saturated rings. The maximum absolute atomic E-state index is 12.4. The highest BCUT2D eigenvalue weighted by molar-refractivity contribution is 5.70. The van der Waals surface area contributed by atoms with E-state index in [9.17, 15) is 9.59 Å². The molecule has 29 heavy (non-hydrogen) atoms. The molecule has 1 unspecified atom stereocenters. The van der Waals surface area contributed by atoms with Gasteiger partial charge in [-0.25, -0.2) is 4.79 Å². The number of piperazine rings is 1. The molecule has 3 rings (SSSR count). The molecule has 0 spiro atoms. The van der Waals surface area contributed by atoms with Crippen molar-refractivity contribution in [1.29, 1.82) is 0 Å². The van der Waals surface area contributed by atoms with E-state index in [-0.39, 0.29) is 18.2 Å². The van der Waals surface area contributed by atoms with Gasteiger partial charge in [0.15, 0.2) is 0 Å². The van der Waals surface area contributed by atoms with Crippen molar-refractivity contribution in [3.8, 4) is 0 Å². The van der Waals surface area contributed by atoms with Crippen molar-refractivity contribution in [2.45, 2.75) is 57.7 Å². The molecule has 1 amide bonds. The van der Waals surface area contributed by atoms with E-state index in [4.69, 9.17) is 9.47 Å². The average Bonchev–Trinajstić information content (AvgIpc) is 3.09. The summed E-state index contributed by atoms with van der Waals surface area (Å²) in [6.45, 7) is 13.1. The standard InChI is InChI=1S/C21H38N4O4/c1-17(2)24-9-6-18(7-10-24)25-16-19(29-21(25)27)15-23-13-11-22(12-14-23)8-4-5-20(26)28-3/h17-19H,4-16H2,1-3H3. The van der Waals surface area contributed by atoms with Crippen LogP contribution in [0, 0.1) is 0 Å². The van der Waals surface area contributed by atoms with E-state index in [1.54, 1.807) is 0 Å². The van der Waals surface area contributed by atoms with Gasteiger partial charge < -0.3 is 24.2 Å². The van der Waals surface area contributed by atoms with Gasteiger partial charge in [-0.3, -0.25) is 9.69 Å². The lowest BCUT2D eigenvalue weighted by molar-refractivity contribution is -0.140. The van der Waals surface area contributed by atoms with Crippen molar-refractivity contribution in [1.82, 2.24) is 19.6 Å². The number of methoxy groups -OCH3 is 1. The minimum absolute atomic E-state index is 0.0171. The minimum Gasteiger partial charge on any atom is -0.469 e. The number of carbonyl (C=O) groups excluding carboxylic acids is 2. The van der Waals surface area contributed by atoms with Crippen molar-refractivity contribution in [2.75, 3.05) is 66.0 Å². The SMILES string of the molecule is COC(=O)CCCN1CCN(CC2CN(C3CCN(C(C)C)CC3)C(=O)O2)CC1. The number of cyclic esters (lactones) is 1. The number of hydrogen-bond donors (Lipinski definition) is 0. The summed E-state index contributed by atoms with van der Waals surface area (Å²) < 4.78 is 10.4. The third-order valence-corrected chi connectivity index (χ3v) is 6.58. The summed E-state index contributed by atoms with van der Waals surface area (Å²) in [6, 6.07) is 0.905. The normalized spacial score (nSPS) is 25.6. The number of rotatable bonds is 8. The zero-order valence-corrected chi connectivity index (χ0v) is 18.3. The quantitative estimate of drug-likeness (QED) is 0.558. The maximum atomic E-state index is 12.4.